The van der Waals surface area contributed by atoms with Gasteiger partial charge in [-0.2, -0.15) is 4.98 Å². The normalized spacial score (nSPS) is 17.9. The predicted molar refractivity (Wildman–Crippen MR) is 151 cm³/mol. The third-order valence-corrected chi connectivity index (χ3v) is 7.94. The number of benzene rings is 1. The first-order valence-corrected chi connectivity index (χ1v) is 13.8. The quantitative estimate of drug-likeness (QED) is 0.419. The Morgan fingerprint density at radius 3 is 2.42 bits per heavy atom. The number of carbonyl (C=O) groups excluding carboxylic acids is 1. The molecule has 1 amide bonds. The smallest absolute Gasteiger partial charge is 0.252 e. The van der Waals surface area contributed by atoms with Crippen LogP contribution in [0.1, 0.15) is 69.7 Å². The molecular formula is C30H38N6O2. The summed E-state index contributed by atoms with van der Waals surface area (Å²) in [6.07, 6.45) is 7.41. The molecule has 5 rings (SSSR count). The first kappa shape index (κ1) is 26.1. The summed E-state index contributed by atoms with van der Waals surface area (Å²) in [5.74, 6) is 0.570. The molecule has 2 aliphatic rings. The number of carbonyl (C=O) groups is 1. The lowest BCUT2D eigenvalue weighted by Crippen LogP contribution is -2.49. The first-order chi connectivity index (χ1) is 18.3. The SMILES string of the molecule is C=CC(=O)N1CCN([C@H](CCC)c2ccc(C3(Nc4ncc5ccc(=O)n(C(C)C)c5n4)CC3)cc2)CC1. The Hall–Kier alpha value is -3.52. The van der Waals surface area contributed by atoms with Gasteiger partial charge in [0.25, 0.3) is 5.56 Å². The van der Waals surface area contributed by atoms with Gasteiger partial charge in [-0.05, 0) is 56.4 Å². The van der Waals surface area contributed by atoms with Gasteiger partial charge in [0, 0.05) is 55.9 Å². The van der Waals surface area contributed by atoms with Crippen LogP contribution >= 0.6 is 0 Å². The molecule has 0 spiro atoms. The highest BCUT2D eigenvalue weighted by atomic mass is 16.2. The zero-order valence-electron chi connectivity index (χ0n) is 22.7. The monoisotopic (exact) mass is 514 g/mol. The molecule has 1 aliphatic heterocycles. The van der Waals surface area contributed by atoms with Crippen molar-refractivity contribution in [1.29, 1.82) is 0 Å². The molecule has 0 bridgehead atoms. The number of nitrogens with zero attached hydrogens (tertiary/aromatic N) is 5. The van der Waals surface area contributed by atoms with Crippen LogP contribution in [0.15, 0.2) is 60.0 Å². The number of anilines is 1. The van der Waals surface area contributed by atoms with Crippen molar-refractivity contribution in [3.8, 4) is 0 Å². The van der Waals surface area contributed by atoms with Crippen LogP contribution in [0.3, 0.4) is 0 Å². The maximum atomic E-state index is 12.5. The van der Waals surface area contributed by atoms with Gasteiger partial charge in [0.15, 0.2) is 0 Å². The zero-order valence-corrected chi connectivity index (χ0v) is 22.7. The van der Waals surface area contributed by atoms with Crippen LogP contribution in [0.25, 0.3) is 11.0 Å². The van der Waals surface area contributed by atoms with Crippen LogP contribution in [0.4, 0.5) is 5.95 Å². The molecule has 8 heteroatoms. The fraction of sp³-hybridized carbons (Fsp3) is 0.467. The van der Waals surface area contributed by atoms with Gasteiger partial charge in [-0.15, -0.1) is 0 Å². The van der Waals surface area contributed by atoms with Crippen molar-refractivity contribution >= 4 is 22.9 Å². The molecule has 1 aromatic carbocycles. The van der Waals surface area contributed by atoms with Crippen molar-refractivity contribution in [2.45, 2.75) is 64.1 Å². The van der Waals surface area contributed by atoms with Crippen molar-refractivity contribution in [1.82, 2.24) is 24.3 Å². The number of hydrogen-bond donors (Lipinski definition) is 1. The Kier molecular flexibility index (Phi) is 7.34. The van der Waals surface area contributed by atoms with E-state index in [1.54, 1.807) is 22.9 Å². The summed E-state index contributed by atoms with van der Waals surface area (Å²) < 4.78 is 1.72. The largest absolute Gasteiger partial charge is 0.345 e. The van der Waals surface area contributed by atoms with Gasteiger partial charge in [-0.25, -0.2) is 4.98 Å². The second-order valence-electron chi connectivity index (χ2n) is 10.8. The third kappa shape index (κ3) is 5.10. The van der Waals surface area contributed by atoms with Gasteiger partial charge in [0.1, 0.15) is 5.65 Å². The third-order valence-electron chi connectivity index (χ3n) is 7.94. The lowest BCUT2D eigenvalue weighted by molar-refractivity contribution is -0.128. The summed E-state index contributed by atoms with van der Waals surface area (Å²) >= 11 is 0. The van der Waals surface area contributed by atoms with Crippen LogP contribution < -0.4 is 10.9 Å². The number of fused-ring (bicyclic) bond motifs is 1. The summed E-state index contributed by atoms with van der Waals surface area (Å²) in [5, 5.41) is 4.44. The second-order valence-corrected chi connectivity index (χ2v) is 10.8. The van der Waals surface area contributed by atoms with Crippen LogP contribution in [0, 0.1) is 0 Å². The molecule has 0 unspecified atom stereocenters. The maximum absolute atomic E-state index is 12.5. The summed E-state index contributed by atoms with van der Waals surface area (Å²) in [4.78, 5) is 38.2. The van der Waals surface area contributed by atoms with Gasteiger partial charge in [0.05, 0.1) is 5.54 Å². The number of amides is 1. The predicted octanol–water partition coefficient (Wildman–Crippen LogP) is 4.65. The van der Waals surface area contributed by atoms with Gasteiger partial charge in [-0.3, -0.25) is 19.1 Å². The fourth-order valence-electron chi connectivity index (χ4n) is 5.66. The van der Waals surface area contributed by atoms with Crippen molar-refractivity contribution in [2.24, 2.45) is 0 Å². The van der Waals surface area contributed by atoms with Gasteiger partial charge in [-0.1, -0.05) is 44.2 Å². The number of pyridine rings is 1. The Morgan fingerprint density at radius 2 is 1.82 bits per heavy atom. The van der Waals surface area contributed by atoms with Crippen molar-refractivity contribution in [3.05, 3.63) is 76.7 Å². The Labute approximate surface area is 224 Å². The molecule has 1 atom stereocenters. The van der Waals surface area contributed by atoms with E-state index >= 15 is 0 Å². The molecule has 0 radical (unpaired) electrons. The van der Waals surface area contributed by atoms with E-state index in [-0.39, 0.29) is 23.0 Å². The number of aromatic nitrogens is 3. The number of piperazine rings is 1. The lowest BCUT2D eigenvalue weighted by Gasteiger charge is -2.39. The van der Waals surface area contributed by atoms with E-state index in [2.05, 4.69) is 53.0 Å². The molecule has 1 saturated carbocycles. The molecular weight excluding hydrogens is 476 g/mol. The van der Waals surface area contributed by atoms with E-state index in [0.717, 1.165) is 57.2 Å². The van der Waals surface area contributed by atoms with Crippen LogP contribution in [-0.4, -0.2) is 56.4 Å². The Bertz CT molecular complexity index is 1370. The van der Waals surface area contributed by atoms with Crippen LogP contribution in [-0.2, 0) is 10.3 Å². The number of hydrogen-bond acceptors (Lipinski definition) is 6. The average molecular weight is 515 g/mol. The molecule has 3 aromatic rings. The van der Waals surface area contributed by atoms with Gasteiger partial charge in [0.2, 0.25) is 11.9 Å². The first-order valence-electron chi connectivity index (χ1n) is 13.8. The van der Waals surface area contributed by atoms with E-state index in [1.807, 2.05) is 18.7 Å². The van der Waals surface area contributed by atoms with Crippen molar-refractivity contribution in [2.75, 3.05) is 31.5 Å². The van der Waals surface area contributed by atoms with E-state index in [4.69, 9.17) is 4.98 Å². The summed E-state index contributed by atoms with van der Waals surface area (Å²) in [5.41, 5.74) is 2.98. The van der Waals surface area contributed by atoms with E-state index in [0.29, 0.717) is 17.6 Å². The highest BCUT2D eigenvalue weighted by molar-refractivity contribution is 5.87. The number of nitrogens with one attached hydrogen (secondary N) is 1. The lowest BCUT2D eigenvalue weighted by atomic mass is 9.96. The average Bonchev–Trinajstić information content (AvgIpc) is 3.71. The van der Waals surface area contributed by atoms with Gasteiger partial charge < -0.3 is 10.2 Å². The maximum Gasteiger partial charge on any atom is 0.252 e. The highest BCUT2D eigenvalue weighted by Crippen LogP contribution is 2.48. The minimum Gasteiger partial charge on any atom is -0.345 e. The van der Waals surface area contributed by atoms with E-state index in [1.165, 1.54) is 17.2 Å². The molecule has 8 nitrogen and oxygen atoms in total. The molecule has 1 aliphatic carbocycles. The van der Waals surface area contributed by atoms with E-state index in [9.17, 15) is 9.59 Å². The van der Waals surface area contributed by atoms with Crippen molar-refractivity contribution < 1.29 is 4.79 Å². The number of rotatable bonds is 9. The molecule has 1 saturated heterocycles. The Morgan fingerprint density at radius 1 is 1.11 bits per heavy atom. The van der Waals surface area contributed by atoms with Crippen LogP contribution in [0.5, 0.6) is 0 Å². The Balaban J connectivity index is 1.33. The van der Waals surface area contributed by atoms with Crippen LogP contribution in [0.2, 0.25) is 0 Å². The molecule has 3 heterocycles. The summed E-state index contributed by atoms with van der Waals surface area (Å²) in [6, 6.07) is 12.7. The second kappa shape index (κ2) is 10.7. The zero-order chi connectivity index (χ0) is 26.9. The van der Waals surface area contributed by atoms with Crippen molar-refractivity contribution in [3.63, 3.8) is 0 Å². The minimum atomic E-state index is -0.180. The molecule has 1 N–H and O–H groups in total. The molecule has 2 fully saturated rings. The van der Waals surface area contributed by atoms with Gasteiger partial charge >= 0.3 is 0 Å². The molecule has 200 valence electrons. The fourth-order valence-corrected chi connectivity index (χ4v) is 5.66. The highest BCUT2D eigenvalue weighted by Gasteiger charge is 2.45. The molecule has 38 heavy (non-hydrogen) atoms. The topological polar surface area (TPSA) is 83.4 Å². The minimum absolute atomic E-state index is 0.0119. The summed E-state index contributed by atoms with van der Waals surface area (Å²) in [7, 11) is 0. The summed E-state index contributed by atoms with van der Waals surface area (Å²) in [6.45, 7) is 13.1. The molecule has 2 aromatic heterocycles. The van der Waals surface area contributed by atoms with E-state index < -0.39 is 0 Å². The standard InChI is InChI=1S/C30H38N6O2/c1-5-7-25(34-16-18-35(19-17-34)26(37)6-2)22-8-11-24(12-9-22)30(14-15-30)33-29-31-20-23-10-13-27(38)36(21(3)4)28(23)32-29/h6,8-13,20-21,25H,2,5,7,14-19H2,1,3-4H3,(H,31,32,33)/t25-/m1/s1.